The molecule has 20 heavy (non-hydrogen) atoms. The number of nitrogen functional groups attached to an aromatic ring is 1. The van der Waals surface area contributed by atoms with Crippen molar-refractivity contribution in [2.75, 3.05) is 23.7 Å². The van der Waals surface area contributed by atoms with Crippen LogP contribution in [-0.4, -0.2) is 25.0 Å². The number of carbonyl (C=O) groups excluding carboxylic acids is 1. The minimum absolute atomic E-state index is 0.0501. The molecule has 0 spiro atoms. The summed E-state index contributed by atoms with van der Waals surface area (Å²) in [5, 5.41) is 2.81. The van der Waals surface area contributed by atoms with E-state index in [2.05, 4.69) is 10.2 Å². The van der Waals surface area contributed by atoms with E-state index in [1.165, 1.54) is 25.7 Å². The first-order valence-electron chi connectivity index (χ1n) is 7.63. The number of nitrogens with one attached hydrogen (secondary N) is 1. The summed E-state index contributed by atoms with van der Waals surface area (Å²) in [5.74, 6) is 0.795. The number of nitrogens with two attached hydrogens (primary N) is 1. The summed E-state index contributed by atoms with van der Waals surface area (Å²) in [7, 11) is 0. The second-order valence-electron chi connectivity index (χ2n) is 5.96. The van der Waals surface area contributed by atoms with E-state index in [-0.39, 0.29) is 5.91 Å². The Labute approximate surface area is 120 Å². The van der Waals surface area contributed by atoms with Gasteiger partial charge in [0.2, 0.25) is 0 Å². The molecule has 0 heterocycles. The monoisotopic (exact) mass is 273 g/mol. The summed E-state index contributed by atoms with van der Waals surface area (Å²) < 4.78 is 0. The van der Waals surface area contributed by atoms with Crippen molar-refractivity contribution in [3.8, 4) is 0 Å². The molecular formula is C16H23N3O. The van der Waals surface area contributed by atoms with Gasteiger partial charge in [0.05, 0.1) is 11.4 Å². The number of hydrogen-bond donors (Lipinski definition) is 2. The molecule has 2 aliphatic carbocycles. The van der Waals surface area contributed by atoms with E-state index in [1.807, 2.05) is 25.1 Å². The maximum absolute atomic E-state index is 11.8. The SMILES string of the molecule is CCNC(=O)c1ccc(N(CC2CC2)C2CC2)c(N)c1. The maximum atomic E-state index is 11.8. The number of benzene rings is 1. The third-order valence-corrected chi connectivity index (χ3v) is 4.08. The number of amides is 1. The fourth-order valence-electron chi connectivity index (χ4n) is 2.63. The predicted octanol–water partition coefficient (Wildman–Crippen LogP) is 2.40. The third kappa shape index (κ3) is 2.89. The van der Waals surface area contributed by atoms with Crippen molar-refractivity contribution in [2.45, 2.75) is 38.6 Å². The highest BCUT2D eigenvalue weighted by Gasteiger charge is 2.34. The summed E-state index contributed by atoms with van der Waals surface area (Å²) in [6.07, 6.45) is 5.23. The molecule has 4 heteroatoms. The molecule has 4 nitrogen and oxygen atoms in total. The van der Waals surface area contributed by atoms with Gasteiger partial charge in [-0.1, -0.05) is 0 Å². The lowest BCUT2D eigenvalue weighted by molar-refractivity contribution is 0.0956. The molecule has 1 amide bonds. The van der Waals surface area contributed by atoms with Gasteiger partial charge in [0, 0.05) is 24.7 Å². The molecule has 0 saturated heterocycles. The Morgan fingerprint density at radius 3 is 2.65 bits per heavy atom. The van der Waals surface area contributed by atoms with Crippen LogP contribution in [0.1, 0.15) is 43.0 Å². The van der Waals surface area contributed by atoms with E-state index in [0.717, 1.165) is 23.8 Å². The standard InChI is InChI=1S/C16H23N3O/c1-2-18-16(20)12-5-8-15(14(17)9-12)19(13-6-7-13)10-11-3-4-11/h5,8-9,11,13H,2-4,6-7,10,17H2,1H3,(H,18,20). The Morgan fingerprint density at radius 2 is 2.10 bits per heavy atom. The van der Waals surface area contributed by atoms with E-state index in [0.29, 0.717) is 18.2 Å². The first-order chi connectivity index (χ1) is 9.69. The van der Waals surface area contributed by atoms with Crippen molar-refractivity contribution in [1.29, 1.82) is 0 Å². The quantitative estimate of drug-likeness (QED) is 0.782. The summed E-state index contributed by atoms with van der Waals surface area (Å²) in [4.78, 5) is 14.3. The second kappa shape index (κ2) is 5.35. The zero-order valence-electron chi connectivity index (χ0n) is 12.1. The fraction of sp³-hybridized carbons (Fsp3) is 0.562. The van der Waals surface area contributed by atoms with Gasteiger partial charge in [-0.3, -0.25) is 4.79 Å². The molecule has 3 rings (SSSR count). The molecule has 2 fully saturated rings. The molecule has 0 aromatic heterocycles. The summed E-state index contributed by atoms with van der Waals surface area (Å²) in [5.41, 5.74) is 8.67. The smallest absolute Gasteiger partial charge is 0.251 e. The van der Waals surface area contributed by atoms with Crippen LogP contribution in [0.4, 0.5) is 11.4 Å². The van der Waals surface area contributed by atoms with Crippen molar-refractivity contribution in [3.63, 3.8) is 0 Å². The van der Waals surface area contributed by atoms with Crippen LogP contribution < -0.4 is 16.0 Å². The van der Waals surface area contributed by atoms with Crippen LogP contribution in [0.5, 0.6) is 0 Å². The molecule has 1 aromatic rings. The van der Waals surface area contributed by atoms with Crippen LogP contribution in [0.15, 0.2) is 18.2 Å². The Kier molecular flexibility index (Phi) is 3.55. The van der Waals surface area contributed by atoms with Crippen LogP contribution in [0, 0.1) is 5.92 Å². The van der Waals surface area contributed by atoms with Crippen molar-refractivity contribution >= 4 is 17.3 Å². The average molecular weight is 273 g/mol. The number of nitrogens with zero attached hydrogens (tertiary/aromatic N) is 1. The lowest BCUT2D eigenvalue weighted by atomic mass is 10.1. The molecule has 0 unspecified atom stereocenters. The third-order valence-electron chi connectivity index (χ3n) is 4.08. The van der Waals surface area contributed by atoms with Gasteiger partial charge >= 0.3 is 0 Å². The number of carbonyl (C=O) groups is 1. The van der Waals surface area contributed by atoms with Gasteiger partial charge in [0.15, 0.2) is 0 Å². The second-order valence-corrected chi connectivity index (χ2v) is 5.96. The largest absolute Gasteiger partial charge is 0.397 e. The maximum Gasteiger partial charge on any atom is 0.251 e. The van der Waals surface area contributed by atoms with Crippen LogP contribution in [0.2, 0.25) is 0 Å². The van der Waals surface area contributed by atoms with Gasteiger partial charge in [-0.15, -0.1) is 0 Å². The summed E-state index contributed by atoms with van der Waals surface area (Å²) in [6, 6.07) is 6.37. The number of hydrogen-bond acceptors (Lipinski definition) is 3. The molecule has 0 bridgehead atoms. The lowest BCUT2D eigenvalue weighted by Gasteiger charge is -2.26. The zero-order chi connectivity index (χ0) is 14.1. The molecule has 2 aliphatic rings. The van der Waals surface area contributed by atoms with Crippen molar-refractivity contribution in [3.05, 3.63) is 23.8 Å². The zero-order valence-corrected chi connectivity index (χ0v) is 12.1. The Balaban J connectivity index is 1.79. The van der Waals surface area contributed by atoms with Crippen molar-refractivity contribution in [1.82, 2.24) is 5.32 Å². The highest BCUT2D eigenvalue weighted by Crippen LogP contribution is 2.39. The Hall–Kier alpha value is -1.71. The molecule has 108 valence electrons. The van der Waals surface area contributed by atoms with Crippen LogP contribution in [0.25, 0.3) is 0 Å². The average Bonchev–Trinajstić information content (AvgIpc) is 3.29. The van der Waals surface area contributed by atoms with Crippen LogP contribution >= 0.6 is 0 Å². The van der Waals surface area contributed by atoms with Gasteiger partial charge in [0.1, 0.15) is 0 Å². The van der Waals surface area contributed by atoms with E-state index in [1.54, 1.807) is 0 Å². The molecule has 0 radical (unpaired) electrons. The Morgan fingerprint density at radius 1 is 1.35 bits per heavy atom. The molecule has 3 N–H and O–H groups in total. The molecule has 0 atom stereocenters. The molecule has 1 aromatic carbocycles. The highest BCUT2D eigenvalue weighted by atomic mass is 16.1. The van der Waals surface area contributed by atoms with Crippen molar-refractivity contribution in [2.24, 2.45) is 5.92 Å². The normalized spacial score (nSPS) is 17.9. The van der Waals surface area contributed by atoms with Gasteiger partial charge in [0.25, 0.3) is 5.91 Å². The van der Waals surface area contributed by atoms with E-state index in [4.69, 9.17) is 5.73 Å². The van der Waals surface area contributed by atoms with Gasteiger partial charge < -0.3 is 16.0 Å². The molecular weight excluding hydrogens is 250 g/mol. The van der Waals surface area contributed by atoms with Crippen molar-refractivity contribution < 1.29 is 4.79 Å². The van der Waals surface area contributed by atoms with Gasteiger partial charge in [-0.05, 0) is 56.7 Å². The van der Waals surface area contributed by atoms with Gasteiger partial charge in [-0.25, -0.2) is 0 Å². The minimum atomic E-state index is -0.0501. The Bertz CT molecular complexity index is 506. The summed E-state index contributed by atoms with van der Waals surface area (Å²) >= 11 is 0. The lowest BCUT2D eigenvalue weighted by Crippen LogP contribution is -2.29. The predicted molar refractivity (Wildman–Crippen MR) is 82.0 cm³/mol. The fourth-order valence-corrected chi connectivity index (χ4v) is 2.63. The van der Waals surface area contributed by atoms with E-state index in [9.17, 15) is 4.79 Å². The molecule has 0 aliphatic heterocycles. The summed E-state index contributed by atoms with van der Waals surface area (Å²) in [6.45, 7) is 3.67. The number of anilines is 2. The number of rotatable bonds is 6. The van der Waals surface area contributed by atoms with E-state index < -0.39 is 0 Å². The first-order valence-corrected chi connectivity index (χ1v) is 7.63. The highest BCUT2D eigenvalue weighted by molar-refractivity contribution is 5.96. The topological polar surface area (TPSA) is 58.4 Å². The molecule has 2 saturated carbocycles. The minimum Gasteiger partial charge on any atom is -0.397 e. The van der Waals surface area contributed by atoms with Crippen LogP contribution in [0.3, 0.4) is 0 Å². The van der Waals surface area contributed by atoms with Gasteiger partial charge in [-0.2, -0.15) is 0 Å². The van der Waals surface area contributed by atoms with E-state index >= 15 is 0 Å². The van der Waals surface area contributed by atoms with Crippen LogP contribution in [-0.2, 0) is 0 Å². The first kappa shape index (κ1) is 13.3.